The summed E-state index contributed by atoms with van der Waals surface area (Å²) >= 11 is 0. The normalized spacial score (nSPS) is 11.2. The Morgan fingerprint density at radius 1 is 1.10 bits per heavy atom. The number of hydrogen-bond acceptors (Lipinski definition) is 3. The summed E-state index contributed by atoms with van der Waals surface area (Å²) in [4.78, 5) is 3.74. The van der Waals surface area contributed by atoms with Crippen LogP contribution in [0.2, 0.25) is 0 Å². The summed E-state index contributed by atoms with van der Waals surface area (Å²) in [5.74, 6) is -1.07. The van der Waals surface area contributed by atoms with E-state index in [1.165, 1.54) is 6.07 Å². The highest BCUT2D eigenvalue weighted by Gasteiger charge is 2.31. The first-order valence-corrected chi connectivity index (χ1v) is 5.35. The highest BCUT2D eigenvalue weighted by Crippen LogP contribution is 2.33. The zero-order valence-electron chi connectivity index (χ0n) is 9.87. The van der Waals surface area contributed by atoms with Crippen LogP contribution < -0.4 is 5.73 Å². The highest BCUT2D eigenvalue weighted by atomic mass is 19.4. The molecule has 2 rings (SSSR count). The predicted octanol–water partition coefficient (Wildman–Crippen LogP) is 3.36. The monoisotopic (exact) mass is 281 g/mol. The van der Waals surface area contributed by atoms with Crippen LogP contribution in [0.1, 0.15) is 11.1 Å². The summed E-state index contributed by atoms with van der Waals surface area (Å²) in [6.07, 6.45) is -4.59. The average Bonchev–Trinajstić information content (AvgIpc) is 2.36. The molecular weight excluding hydrogens is 274 g/mol. The Labute approximate surface area is 111 Å². The van der Waals surface area contributed by atoms with Gasteiger partial charge >= 0.3 is 6.18 Å². The predicted molar refractivity (Wildman–Crippen MR) is 63.8 cm³/mol. The number of alkyl halides is 3. The SMILES string of the molecule is N#Cc1cc(F)cc(-c2cc(C(F)(F)F)cc(N)n2)c1. The quantitative estimate of drug-likeness (QED) is 0.815. The van der Waals surface area contributed by atoms with Crippen molar-refractivity contribution < 1.29 is 17.6 Å². The van der Waals surface area contributed by atoms with E-state index in [1.807, 2.05) is 0 Å². The maximum Gasteiger partial charge on any atom is 0.416 e. The van der Waals surface area contributed by atoms with Crippen molar-refractivity contribution in [1.82, 2.24) is 4.98 Å². The van der Waals surface area contributed by atoms with E-state index < -0.39 is 17.6 Å². The van der Waals surface area contributed by atoms with Crippen LogP contribution in [0.3, 0.4) is 0 Å². The van der Waals surface area contributed by atoms with Crippen LogP contribution in [-0.4, -0.2) is 4.98 Å². The zero-order chi connectivity index (χ0) is 14.9. The maximum atomic E-state index is 13.3. The van der Waals surface area contributed by atoms with Gasteiger partial charge in [0.1, 0.15) is 11.6 Å². The zero-order valence-corrected chi connectivity index (χ0v) is 9.87. The Balaban J connectivity index is 2.62. The summed E-state index contributed by atoms with van der Waals surface area (Å²) in [5.41, 5.74) is 4.24. The van der Waals surface area contributed by atoms with Gasteiger partial charge in [-0.3, -0.25) is 0 Å². The van der Waals surface area contributed by atoms with Crippen molar-refractivity contribution in [2.24, 2.45) is 0 Å². The summed E-state index contributed by atoms with van der Waals surface area (Å²) in [5, 5.41) is 8.73. The summed E-state index contributed by atoms with van der Waals surface area (Å²) in [6, 6.07) is 6.36. The number of rotatable bonds is 1. The number of aromatic nitrogens is 1. The number of nitriles is 1. The molecule has 0 bridgehead atoms. The van der Waals surface area contributed by atoms with Gasteiger partial charge in [0.15, 0.2) is 0 Å². The molecule has 0 spiro atoms. The molecule has 0 fully saturated rings. The third-order valence-corrected chi connectivity index (χ3v) is 2.50. The molecule has 1 aromatic heterocycles. The number of halogens is 4. The number of pyridine rings is 1. The van der Waals surface area contributed by atoms with Gasteiger partial charge in [0, 0.05) is 5.56 Å². The van der Waals surface area contributed by atoms with E-state index >= 15 is 0 Å². The van der Waals surface area contributed by atoms with Crippen molar-refractivity contribution in [2.45, 2.75) is 6.18 Å². The molecule has 0 saturated carbocycles. The number of anilines is 1. The van der Waals surface area contributed by atoms with Crippen molar-refractivity contribution in [3.63, 3.8) is 0 Å². The molecule has 0 saturated heterocycles. The molecule has 0 atom stereocenters. The van der Waals surface area contributed by atoms with Crippen LogP contribution in [0.15, 0.2) is 30.3 Å². The average molecular weight is 281 g/mol. The lowest BCUT2D eigenvalue weighted by Gasteiger charge is -2.10. The van der Waals surface area contributed by atoms with E-state index in [2.05, 4.69) is 4.98 Å². The van der Waals surface area contributed by atoms with E-state index in [0.717, 1.165) is 18.2 Å². The fourth-order valence-electron chi connectivity index (χ4n) is 1.67. The van der Waals surface area contributed by atoms with Crippen molar-refractivity contribution >= 4 is 5.82 Å². The standard InChI is InChI=1S/C13H7F4N3/c14-10-2-7(6-18)1-8(3-10)11-4-9(13(15,16)17)5-12(19)20-11/h1-5H,(H2,19,20). The Morgan fingerprint density at radius 2 is 1.80 bits per heavy atom. The molecule has 7 heteroatoms. The van der Waals surface area contributed by atoms with Crippen molar-refractivity contribution in [3.05, 3.63) is 47.3 Å². The molecule has 0 amide bonds. The third-order valence-electron chi connectivity index (χ3n) is 2.50. The lowest BCUT2D eigenvalue weighted by atomic mass is 10.1. The van der Waals surface area contributed by atoms with Crippen LogP contribution in [0, 0.1) is 17.1 Å². The fraction of sp³-hybridized carbons (Fsp3) is 0.0769. The number of nitrogen functional groups attached to an aromatic ring is 1. The lowest BCUT2D eigenvalue weighted by Crippen LogP contribution is -2.07. The van der Waals surface area contributed by atoms with Gasteiger partial charge in [-0.1, -0.05) is 0 Å². The van der Waals surface area contributed by atoms with Crippen LogP contribution in [0.25, 0.3) is 11.3 Å². The Kier molecular flexibility index (Phi) is 3.32. The number of nitrogens with zero attached hydrogens (tertiary/aromatic N) is 2. The second-order valence-corrected chi connectivity index (χ2v) is 4.00. The molecule has 0 aliphatic heterocycles. The van der Waals surface area contributed by atoms with Crippen LogP contribution >= 0.6 is 0 Å². The van der Waals surface area contributed by atoms with E-state index in [0.29, 0.717) is 6.07 Å². The van der Waals surface area contributed by atoms with Crippen LogP contribution in [-0.2, 0) is 6.18 Å². The lowest BCUT2D eigenvalue weighted by molar-refractivity contribution is -0.137. The molecule has 0 aliphatic carbocycles. The third kappa shape index (κ3) is 2.85. The van der Waals surface area contributed by atoms with E-state index in [9.17, 15) is 17.6 Å². The maximum absolute atomic E-state index is 13.3. The van der Waals surface area contributed by atoms with Crippen molar-refractivity contribution in [3.8, 4) is 17.3 Å². The van der Waals surface area contributed by atoms with Gasteiger partial charge in [-0.15, -0.1) is 0 Å². The minimum atomic E-state index is -4.59. The first-order valence-electron chi connectivity index (χ1n) is 5.35. The molecule has 0 unspecified atom stereocenters. The highest BCUT2D eigenvalue weighted by molar-refractivity contribution is 5.64. The van der Waals surface area contributed by atoms with Crippen molar-refractivity contribution in [2.75, 3.05) is 5.73 Å². The summed E-state index contributed by atoms with van der Waals surface area (Å²) < 4.78 is 51.3. The molecule has 0 radical (unpaired) electrons. The van der Waals surface area contributed by atoms with E-state index in [4.69, 9.17) is 11.0 Å². The first-order chi connectivity index (χ1) is 9.29. The molecular formula is C13H7F4N3. The summed E-state index contributed by atoms with van der Waals surface area (Å²) in [7, 11) is 0. The minimum absolute atomic E-state index is 0.0159. The Bertz CT molecular complexity index is 702. The van der Waals surface area contributed by atoms with Gasteiger partial charge in [0.05, 0.1) is 22.9 Å². The molecule has 1 aromatic carbocycles. The molecule has 20 heavy (non-hydrogen) atoms. The van der Waals surface area contributed by atoms with Crippen LogP contribution in [0.5, 0.6) is 0 Å². The second kappa shape index (κ2) is 4.81. The second-order valence-electron chi connectivity index (χ2n) is 4.00. The molecule has 1 heterocycles. The molecule has 2 aromatic rings. The summed E-state index contributed by atoms with van der Waals surface area (Å²) in [6.45, 7) is 0. The smallest absolute Gasteiger partial charge is 0.384 e. The van der Waals surface area contributed by atoms with Gasteiger partial charge in [0.2, 0.25) is 0 Å². The van der Waals surface area contributed by atoms with Gasteiger partial charge in [-0.25, -0.2) is 9.37 Å². The largest absolute Gasteiger partial charge is 0.416 e. The Hall–Kier alpha value is -2.62. The molecule has 102 valence electrons. The van der Waals surface area contributed by atoms with Gasteiger partial charge in [-0.05, 0) is 30.3 Å². The number of hydrogen-bond donors (Lipinski definition) is 1. The Morgan fingerprint density at radius 3 is 2.40 bits per heavy atom. The molecule has 2 N–H and O–H groups in total. The van der Waals surface area contributed by atoms with E-state index in [1.54, 1.807) is 6.07 Å². The molecule has 3 nitrogen and oxygen atoms in total. The molecule has 0 aliphatic rings. The topological polar surface area (TPSA) is 62.7 Å². The van der Waals surface area contributed by atoms with Gasteiger partial charge in [-0.2, -0.15) is 18.4 Å². The van der Waals surface area contributed by atoms with Gasteiger partial charge < -0.3 is 5.73 Å². The van der Waals surface area contributed by atoms with E-state index in [-0.39, 0.29) is 22.6 Å². The number of nitrogens with two attached hydrogens (primary N) is 1. The minimum Gasteiger partial charge on any atom is -0.384 e. The first kappa shape index (κ1) is 13.8. The van der Waals surface area contributed by atoms with Crippen LogP contribution in [0.4, 0.5) is 23.4 Å². The number of benzene rings is 1. The fourth-order valence-corrected chi connectivity index (χ4v) is 1.67. The van der Waals surface area contributed by atoms with Crippen molar-refractivity contribution in [1.29, 1.82) is 5.26 Å². The van der Waals surface area contributed by atoms with Gasteiger partial charge in [0.25, 0.3) is 0 Å².